The number of hydrogen-bond acceptors (Lipinski definition) is 5. The first kappa shape index (κ1) is 23.3. The van der Waals surface area contributed by atoms with Crippen LogP contribution in [0.25, 0.3) is 0 Å². The number of amides is 2. The van der Waals surface area contributed by atoms with Crippen LogP contribution >= 0.6 is 11.8 Å². The monoisotopic (exact) mass is 420 g/mol. The summed E-state index contributed by atoms with van der Waals surface area (Å²) in [6.45, 7) is 8.91. The fourth-order valence-electron chi connectivity index (χ4n) is 3.36. The van der Waals surface area contributed by atoms with Gasteiger partial charge in [-0.3, -0.25) is 14.4 Å². The Morgan fingerprint density at radius 2 is 1.79 bits per heavy atom. The van der Waals surface area contributed by atoms with Gasteiger partial charge in [0.2, 0.25) is 11.8 Å². The maximum absolute atomic E-state index is 13.0. The fraction of sp³-hybridized carbons (Fsp3) is 0.591. The summed E-state index contributed by atoms with van der Waals surface area (Å²) in [6.07, 6.45) is 1.20. The van der Waals surface area contributed by atoms with Gasteiger partial charge in [-0.25, -0.2) is 0 Å². The number of esters is 1. The van der Waals surface area contributed by atoms with Crippen molar-refractivity contribution in [2.24, 2.45) is 5.92 Å². The van der Waals surface area contributed by atoms with Gasteiger partial charge in [-0.05, 0) is 43.4 Å². The molecule has 1 aliphatic heterocycles. The lowest BCUT2D eigenvalue weighted by atomic mass is 9.96. The van der Waals surface area contributed by atoms with Crippen LogP contribution in [0.2, 0.25) is 0 Å². The number of carbonyl (C=O) groups excluding carboxylic acids is 3. The largest absolute Gasteiger partial charge is 0.466 e. The summed E-state index contributed by atoms with van der Waals surface area (Å²) in [5.41, 5.74) is 1.27. The number of nitrogens with one attached hydrogen (secondary N) is 1. The molecule has 0 spiro atoms. The molecule has 1 heterocycles. The van der Waals surface area contributed by atoms with Crippen molar-refractivity contribution >= 4 is 29.5 Å². The summed E-state index contributed by atoms with van der Waals surface area (Å²) >= 11 is 1.56. The topological polar surface area (TPSA) is 75.7 Å². The van der Waals surface area contributed by atoms with Gasteiger partial charge in [-0.15, -0.1) is 11.8 Å². The molecule has 2 amide bonds. The lowest BCUT2D eigenvalue weighted by molar-refractivity contribution is -0.151. The Bertz CT molecular complexity index is 697. The van der Waals surface area contributed by atoms with E-state index in [0.29, 0.717) is 44.2 Å². The summed E-state index contributed by atoms with van der Waals surface area (Å²) in [7, 11) is 0. The van der Waals surface area contributed by atoms with E-state index in [1.807, 2.05) is 0 Å². The Labute approximate surface area is 177 Å². The van der Waals surface area contributed by atoms with Gasteiger partial charge in [0.15, 0.2) is 0 Å². The molecule has 1 saturated heterocycles. The molecular weight excluding hydrogens is 388 g/mol. The van der Waals surface area contributed by atoms with E-state index in [-0.39, 0.29) is 23.7 Å². The Morgan fingerprint density at radius 1 is 1.17 bits per heavy atom. The quantitative estimate of drug-likeness (QED) is 0.516. The Balaban J connectivity index is 1.94. The van der Waals surface area contributed by atoms with Gasteiger partial charge in [0.25, 0.3) is 0 Å². The molecule has 1 aromatic carbocycles. The molecule has 1 unspecified atom stereocenters. The Morgan fingerprint density at radius 3 is 2.31 bits per heavy atom. The number of ether oxygens (including phenoxy) is 1. The number of hydrogen-bond donors (Lipinski definition) is 1. The molecule has 0 radical (unpaired) electrons. The molecule has 1 aliphatic rings. The van der Waals surface area contributed by atoms with Gasteiger partial charge in [-0.1, -0.05) is 26.0 Å². The molecule has 0 aromatic heterocycles. The summed E-state index contributed by atoms with van der Waals surface area (Å²) in [6, 6.07) is 7.73. The second-order valence-electron chi connectivity index (χ2n) is 7.64. The number of benzene rings is 1. The first-order chi connectivity index (χ1) is 13.8. The van der Waals surface area contributed by atoms with Crippen molar-refractivity contribution in [2.45, 2.75) is 57.4 Å². The molecule has 1 atom stereocenters. The summed E-state index contributed by atoms with van der Waals surface area (Å²) in [5.74, 6) is 0.303. The van der Waals surface area contributed by atoms with Crippen LogP contribution in [-0.4, -0.2) is 54.2 Å². The minimum atomic E-state index is -0.582. The third-order valence-corrected chi connectivity index (χ3v) is 6.17. The Hall–Kier alpha value is -2.02. The van der Waals surface area contributed by atoms with E-state index < -0.39 is 6.04 Å². The second-order valence-corrected chi connectivity index (χ2v) is 8.73. The summed E-state index contributed by atoms with van der Waals surface area (Å²) < 4.78 is 5.09. The van der Waals surface area contributed by atoms with E-state index in [2.05, 4.69) is 43.4 Å². The van der Waals surface area contributed by atoms with Gasteiger partial charge >= 0.3 is 5.97 Å². The number of nitrogens with zero attached hydrogens (tertiary/aromatic N) is 1. The predicted molar refractivity (Wildman–Crippen MR) is 115 cm³/mol. The lowest BCUT2D eigenvalue weighted by Crippen LogP contribution is -2.52. The highest BCUT2D eigenvalue weighted by molar-refractivity contribution is 7.99. The minimum Gasteiger partial charge on any atom is -0.466 e. The summed E-state index contributed by atoms with van der Waals surface area (Å²) in [4.78, 5) is 39.3. The van der Waals surface area contributed by atoms with E-state index in [0.717, 1.165) is 4.90 Å². The highest BCUT2D eigenvalue weighted by Crippen LogP contribution is 2.24. The number of thioether (sulfide) groups is 1. The van der Waals surface area contributed by atoms with Gasteiger partial charge in [0, 0.05) is 30.7 Å². The zero-order valence-corrected chi connectivity index (χ0v) is 18.6. The maximum Gasteiger partial charge on any atom is 0.309 e. The maximum atomic E-state index is 13.0. The molecule has 0 aliphatic carbocycles. The van der Waals surface area contributed by atoms with E-state index in [9.17, 15) is 14.4 Å². The molecule has 1 aromatic rings. The van der Waals surface area contributed by atoms with Crippen molar-refractivity contribution in [1.29, 1.82) is 0 Å². The number of rotatable bonds is 8. The number of carbonyl (C=O) groups is 3. The van der Waals surface area contributed by atoms with Crippen LogP contribution in [-0.2, 0) is 19.1 Å². The molecule has 1 N–H and O–H groups in total. The SMILES string of the molecule is CCOC(=O)C1CCN(C(=O)C(CSc2ccc(C(C)C)cc2)NC(C)=O)CC1. The molecule has 160 valence electrons. The average Bonchev–Trinajstić information content (AvgIpc) is 2.71. The van der Waals surface area contributed by atoms with Crippen LogP contribution in [0.4, 0.5) is 0 Å². The number of likely N-dealkylation sites (tertiary alicyclic amines) is 1. The molecule has 6 nitrogen and oxygen atoms in total. The van der Waals surface area contributed by atoms with Crippen molar-refractivity contribution in [3.8, 4) is 0 Å². The van der Waals surface area contributed by atoms with E-state index >= 15 is 0 Å². The zero-order valence-electron chi connectivity index (χ0n) is 17.8. The van der Waals surface area contributed by atoms with Crippen LogP contribution in [0.1, 0.15) is 52.0 Å². The fourth-order valence-corrected chi connectivity index (χ4v) is 4.28. The van der Waals surface area contributed by atoms with Crippen molar-refractivity contribution in [3.63, 3.8) is 0 Å². The highest BCUT2D eigenvalue weighted by atomic mass is 32.2. The second kappa shape index (κ2) is 11.2. The van der Waals surface area contributed by atoms with Crippen molar-refractivity contribution < 1.29 is 19.1 Å². The van der Waals surface area contributed by atoms with Gasteiger partial charge < -0.3 is 15.0 Å². The van der Waals surface area contributed by atoms with Crippen molar-refractivity contribution in [2.75, 3.05) is 25.4 Å². The minimum absolute atomic E-state index is 0.0891. The molecule has 1 fully saturated rings. The number of piperidine rings is 1. The van der Waals surface area contributed by atoms with Gasteiger partial charge in [-0.2, -0.15) is 0 Å². The third kappa shape index (κ3) is 7.07. The van der Waals surface area contributed by atoms with Gasteiger partial charge in [0.1, 0.15) is 6.04 Å². The van der Waals surface area contributed by atoms with E-state index in [1.165, 1.54) is 12.5 Å². The standard InChI is InChI=1S/C22H32N2O4S/c1-5-28-22(27)18-10-12-24(13-11-18)21(26)20(23-16(4)25)14-29-19-8-6-17(7-9-19)15(2)3/h6-9,15,18,20H,5,10-14H2,1-4H3,(H,23,25). The smallest absolute Gasteiger partial charge is 0.309 e. The first-order valence-corrected chi connectivity index (χ1v) is 11.3. The Kier molecular flexibility index (Phi) is 9.01. The van der Waals surface area contributed by atoms with Crippen LogP contribution in [0.15, 0.2) is 29.2 Å². The van der Waals surface area contributed by atoms with Crippen molar-refractivity contribution in [3.05, 3.63) is 29.8 Å². The molecule has 0 saturated carbocycles. The summed E-state index contributed by atoms with van der Waals surface area (Å²) in [5, 5.41) is 2.79. The molecule has 29 heavy (non-hydrogen) atoms. The molecule has 7 heteroatoms. The van der Waals surface area contributed by atoms with Crippen LogP contribution < -0.4 is 5.32 Å². The zero-order chi connectivity index (χ0) is 21.4. The normalized spacial score (nSPS) is 15.8. The molecular formula is C22H32N2O4S. The average molecular weight is 421 g/mol. The van der Waals surface area contributed by atoms with Crippen molar-refractivity contribution in [1.82, 2.24) is 10.2 Å². The van der Waals surface area contributed by atoms with Gasteiger partial charge in [0.05, 0.1) is 12.5 Å². The van der Waals surface area contributed by atoms with Crippen LogP contribution in [0.3, 0.4) is 0 Å². The molecule has 2 rings (SSSR count). The third-order valence-electron chi connectivity index (χ3n) is 5.07. The predicted octanol–water partition coefficient (Wildman–Crippen LogP) is 3.21. The first-order valence-electron chi connectivity index (χ1n) is 10.3. The lowest BCUT2D eigenvalue weighted by Gasteiger charge is -2.33. The van der Waals surface area contributed by atoms with E-state index in [4.69, 9.17) is 4.74 Å². The van der Waals surface area contributed by atoms with Crippen LogP contribution in [0.5, 0.6) is 0 Å². The highest BCUT2D eigenvalue weighted by Gasteiger charge is 2.31. The molecule has 0 bridgehead atoms. The van der Waals surface area contributed by atoms with Crippen LogP contribution in [0, 0.1) is 5.92 Å². The van der Waals surface area contributed by atoms with E-state index in [1.54, 1.807) is 23.6 Å².